The van der Waals surface area contributed by atoms with Crippen LogP contribution in [0.15, 0.2) is 30.3 Å². The molecule has 1 aromatic rings. The van der Waals surface area contributed by atoms with Crippen LogP contribution in [0.1, 0.15) is 45.1 Å². The quantitative estimate of drug-likeness (QED) is 0.512. The van der Waals surface area contributed by atoms with Crippen molar-refractivity contribution in [2.45, 2.75) is 61.1 Å². The van der Waals surface area contributed by atoms with Gasteiger partial charge >= 0.3 is 147 Å². The average molecular weight is 426 g/mol. The van der Waals surface area contributed by atoms with Crippen molar-refractivity contribution < 1.29 is 6.15 Å². The zero-order valence-corrected chi connectivity index (χ0v) is 17.9. The Hall–Kier alpha value is -0.101. The van der Waals surface area contributed by atoms with Gasteiger partial charge in [-0.25, -0.2) is 0 Å². The maximum atomic E-state index is 6.61. The van der Waals surface area contributed by atoms with Gasteiger partial charge in [0.05, 0.1) is 0 Å². The van der Waals surface area contributed by atoms with E-state index in [0.29, 0.717) is 0 Å². The number of hydrogen-bond acceptors (Lipinski definition) is 3. The van der Waals surface area contributed by atoms with Crippen molar-refractivity contribution in [3.8, 4) is 0 Å². The molecule has 0 bridgehead atoms. The molecule has 23 heavy (non-hydrogen) atoms. The first-order valence-corrected chi connectivity index (χ1v) is 15.6. The minimum atomic E-state index is -2.75. The molecule has 1 aliphatic rings. The molecule has 0 N–H and O–H groups in total. The van der Waals surface area contributed by atoms with Crippen LogP contribution in [0.5, 0.6) is 0 Å². The van der Waals surface area contributed by atoms with Gasteiger partial charge in [-0.05, 0) is 0 Å². The van der Waals surface area contributed by atoms with Crippen molar-refractivity contribution in [2.75, 3.05) is 20.2 Å². The number of nitrogens with zero attached hydrogens (tertiary/aromatic N) is 1. The van der Waals surface area contributed by atoms with Gasteiger partial charge in [-0.15, -0.1) is 0 Å². The zero-order chi connectivity index (χ0) is 16.5. The molecule has 1 aliphatic heterocycles. The molecule has 1 saturated heterocycles. The third kappa shape index (κ3) is 6.37. The molecule has 0 aromatic heterocycles. The Morgan fingerprint density at radius 1 is 1.09 bits per heavy atom. The molecule has 4 heteroatoms. The summed E-state index contributed by atoms with van der Waals surface area (Å²) >= 11 is -2.75. The molecular weight excluding hydrogens is 393 g/mol. The van der Waals surface area contributed by atoms with Crippen LogP contribution in [-0.2, 0) is 12.7 Å². The fourth-order valence-electron chi connectivity index (χ4n) is 3.29. The van der Waals surface area contributed by atoms with Gasteiger partial charge in [0, 0.05) is 0 Å². The van der Waals surface area contributed by atoms with Crippen LogP contribution in [0.3, 0.4) is 0 Å². The SMILES string of the molecule is CCC[CH2][Sn]1([CH2]CCC)[O]CC(CN(C)Cc2ccccc2)[O]1. The number of benzene rings is 1. The predicted molar refractivity (Wildman–Crippen MR) is 98.8 cm³/mol. The van der Waals surface area contributed by atoms with Gasteiger partial charge in [0.1, 0.15) is 0 Å². The van der Waals surface area contributed by atoms with Crippen LogP contribution >= 0.6 is 0 Å². The summed E-state index contributed by atoms with van der Waals surface area (Å²) in [6.07, 6.45) is 5.32. The second-order valence-electron chi connectivity index (χ2n) is 6.85. The van der Waals surface area contributed by atoms with Crippen molar-refractivity contribution in [3.63, 3.8) is 0 Å². The molecule has 2 rings (SSSR count). The Kier molecular flexibility index (Phi) is 8.37. The standard InChI is InChI=1S/C11H15NO2.2C4H9.Sn/c1-12(8-11(14)9-13)7-10-5-3-2-4-6-10;2*1-3-4-2;/h2-6,11H,7-9H2,1H3;2*1,3-4H2,2H3;/q-2;;;+2. The van der Waals surface area contributed by atoms with Crippen LogP contribution in [-0.4, -0.2) is 50.4 Å². The normalized spacial score (nSPS) is 20.3. The molecule has 1 aromatic carbocycles. The predicted octanol–water partition coefficient (Wildman–Crippen LogP) is 4.58. The fourth-order valence-corrected chi connectivity index (χ4v) is 14.3. The molecule has 0 saturated carbocycles. The van der Waals surface area contributed by atoms with Crippen molar-refractivity contribution in [1.29, 1.82) is 0 Å². The Labute approximate surface area is 147 Å². The van der Waals surface area contributed by atoms with Crippen LogP contribution in [0, 0.1) is 0 Å². The minimum absolute atomic E-state index is 0.285. The van der Waals surface area contributed by atoms with Crippen molar-refractivity contribution >= 4 is 19.2 Å². The van der Waals surface area contributed by atoms with Gasteiger partial charge in [0.2, 0.25) is 0 Å². The van der Waals surface area contributed by atoms with Crippen molar-refractivity contribution in [3.05, 3.63) is 35.9 Å². The van der Waals surface area contributed by atoms with E-state index < -0.39 is 19.2 Å². The molecule has 0 spiro atoms. The molecule has 1 unspecified atom stereocenters. The molecule has 1 fully saturated rings. The summed E-state index contributed by atoms with van der Waals surface area (Å²) in [5.74, 6) is 0. The Morgan fingerprint density at radius 2 is 1.74 bits per heavy atom. The van der Waals surface area contributed by atoms with Gasteiger partial charge in [-0.2, -0.15) is 0 Å². The van der Waals surface area contributed by atoms with E-state index in [1.54, 1.807) is 0 Å². The molecule has 0 amide bonds. The molecular formula is C19H33NO2Sn. The Bertz CT molecular complexity index is 432. The van der Waals surface area contributed by atoms with Crippen molar-refractivity contribution in [1.82, 2.24) is 4.90 Å². The third-order valence-electron chi connectivity index (χ3n) is 4.55. The summed E-state index contributed by atoms with van der Waals surface area (Å²) in [6.45, 7) is 7.31. The third-order valence-corrected chi connectivity index (χ3v) is 15.1. The van der Waals surface area contributed by atoms with Crippen LogP contribution in [0.2, 0.25) is 8.87 Å². The number of likely N-dealkylation sites (N-methyl/N-ethyl adjacent to an activating group) is 1. The summed E-state index contributed by atoms with van der Waals surface area (Å²) in [6, 6.07) is 10.7. The van der Waals surface area contributed by atoms with Gasteiger partial charge in [-0.3, -0.25) is 0 Å². The van der Waals surface area contributed by atoms with E-state index in [2.05, 4.69) is 56.1 Å². The average Bonchev–Trinajstić information content (AvgIpc) is 2.95. The van der Waals surface area contributed by atoms with Gasteiger partial charge < -0.3 is 0 Å². The van der Waals surface area contributed by atoms with Crippen LogP contribution in [0.4, 0.5) is 0 Å². The molecule has 1 heterocycles. The zero-order valence-electron chi connectivity index (χ0n) is 15.1. The number of rotatable bonds is 10. The maximum absolute atomic E-state index is 6.61. The van der Waals surface area contributed by atoms with Gasteiger partial charge in [0.25, 0.3) is 0 Å². The topological polar surface area (TPSA) is 21.7 Å². The molecule has 0 aliphatic carbocycles. The number of unbranched alkanes of at least 4 members (excludes halogenated alkanes) is 2. The summed E-state index contributed by atoms with van der Waals surface area (Å²) < 4.78 is 15.5. The van der Waals surface area contributed by atoms with E-state index >= 15 is 0 Å². The van der Waals surface area contributed by atoms with E-state index in [-0.39, 0.29) is 6.10 Å². The fraction of sp³-hybridized carbons (Fsp3) is 0.684. The van der Waals surface area contributed by atoms with Gasteiger partial charge in [-0.1, -0.05) is 0 Å². The second-order valence-corrected chi connectivity index (χ2v) is 16.4. The van der Waals surface area contributed by atoms with E-state index in [4.69, 9.17) is 6.15 Å². The number of hydrogen-bond donors (Lipinski definition) is 0. The first-order chi connectivity index (χ1) is 11.2. The van der Waals surface area contributed by atoms with E-state index in [1.165, 1.54) is 40.1 Å². The van der Waals surface area contributed by atoms with Crippen molar-refractivity contribution in [2.24, 2.45) is 0 Å². The van der Waals surface area contributed by atoms with Crippen LogP contribution < -0.4 is 0 Å². The Morgan fingerprint density at radius 3 is 2.35 bits per heavy atom. The van der Waals surface area contributed by atoms with E-state index in [0.717, 1.165) is 19.7 Å². The second kappa shape index (κ2) is 10.0. The summed E-state index contributed by atoms with van der Waals surface area (Å²) in [4.78, 5) is 2.37. The van der Waals surface area contributed by atoms with Gasteiger partial charge in [0.15, 0.2) is 0 Å². The molecule has 0 radical (unpaired) electrons. The van der Waals surface area contributed by atoms with Crippen LogP contribution in [0.25, 0.3) is 0 Å². The monoisotopic (exact) mass is 427 g/mol. The molecule has 3 nitrogen and oxygen atoms in total. The summed E-state index contributed by atoms with van der Waals surface area (Å²) in [5.41, 5.74) is 1.36. The first kappa shape index (κ1) is 19.2. The summed E-state index contributed by atoms with van der Waals surface area (Å²) in [7, 11) is 2.18. The first-order valence-electron chi connectivity index (χ1n) is 9.21. The molecule has 130 valence electrons. The van der Waals surface area contributed by atoms with E-state index in [1.807, 2.05) is 0 Å². The summed E-state index contributed by atoms with van der Waals surface area (Å²) in [5, 5.41) is 0. The molecule has 1 atom stereocenters. The van der Waals surface area contributed by atoms with E-state index in [9.17, 15) is 0 Å². The Balaban J connectivity index is 1.84.